The Balaban J connectivity index is 2.56. The molecule has 1 atom stereocenters. The lowest BCUT2D eigenvalue weighted by molar-refractivity contribution is 0.574. The quantitative estimate of drug-likeness (QED) is 0.714. The zero-order valence-electron chi connectivity index (χ0n) is 10.1. The molecule has 0 amide bonds. The Bertz CT molecular complexity index is 444. The lowest BCUT2D eigenvalue weighted by Crippen LogP contribution is -2.16. The minimum absolute atomic E-state index is 0.0999. The van der Waals surface area contributed by atoms with Gasteiger partial charge < -0.3 is 0 Å². The molecule has 0 aromatic carbocycles. The van der Waals surface area contributed by atoms with E-state index in [4.69, 9.17) is 11.6 Å². The lowest BCUT2D eigenvalue weighted by atomic mass is 10.3. The first-order chi connectivity index (χ1) is 7.98. The van der Waals surface area contributed by atoms with Gasteiger partial charge >= 0.3 is 0 Å². The number of aryl methyl sites for hydroxylation is 1. The summed E-state index contributed by atoms with van der Waals surface area (Å²) in [4.78, 5) is 0. The number of alkyl halides is 1. The largest absolute Gasteiger partial charge is 0.251 e. The van der Waals surface area contributed by atoms with Crippen molar-refractivity contribution in [1.29, 1.82) is 0 Å². The van der Waals surface area contributed by atoms with Crippen molar-refractivity contribution in [1.82, 2.24) is 15.0 Å². The van der Waals surface area contributed by atoms with Crippen molar-refractivity contribution in [3.8, 4) is 0 Å². The molecule has 17 heavy (non-hydrogen) atoms. The third-order valence-electron chi connectivity index (χ3n) is 2.38. The molecule has 7 heteroatoms. The topological polar surface area (TPSA) is 64.8 Å². The van der Waals surface area contributed by atoms with Crippen molar-refractivity contribution in [3.63, 3.8) is 0 Å². The molecule has 98 valence electrons. The van der Waals surface area contributed by atoms with E-state index in [0.29, 0.717) is 18.7 Å². The fraction of sp³-hybridized carbons (Fsp3) is 0.800. The van der Waals surface area contributed by atoms with Gasteiger partial charge in [-0.15, -0.1) is 16.7 Å². The highest BCUT2D eigenvalue weighted by Crippen LogP contribution is 2.20. The third kappa shape index (κ3) is 4.63. The van der Waals surface area contributed by atoms with Crippen molar-refractivity contribution in [2.24, 2.45) is 0 Å². The number of hydrogen-bond acceptors (Lipinski definition) is 4. The van der Waals surface area contributed by atoms with Gasteiger partial charge in [-0.25, -0.2) is 8.42 Å². The number of sulfone groups is 1. The second kappa shape index (κ2) is 6.35. The maximum atomic E-state index is 11.5. The summed E-state index contributed by atoms with van der Waals surface area (Å²) in [5, 5.41) is 7.63. The van der Waals surface area contributed by atoms with Crippen molar-refractivity contribution < 1.29 is 8.42 Å². The first-order valence-electron chi connectivity index (χ1n) is 5.73. The van der Waals surface area contributed by atoms with E-state index < -0.39 is 9.84 Å². The monoisotopic (exact) mass is 279 g/mol. The van der Waals surface area contributed by atoms with Gasteiger partial charge in [-0.2, -0.15) is 0 Å². The van der Waals surface area contributed by atoms with Crippen LogP contribution in [0.5, 0.6) is 0 Å². The van der Waals surface area contributed by atoms with Crippen molar-refractivity contribution in [3.05, 3.63) is 11.9 Å². The van der Waals surface area contributed by atoms with Gasteiger partial charge in [0.1, 0.15) is 5.69 Å². The number of nitrogens with zero attached hydrogens (tertiary/aromatic N) is 3. The van der Waals surface area contributed by atoms with E-state index in [2.05, 4.69) is 10.3 Å². The SMILES string of the molecule is CCCS(=O)(=O)CCn1cc(C(Cl)CC)nn1. The molecule has 0 spiro atoms. The minimum Gasteiger partial charge on any atom is -0.251 e. The van der Waals surface area contributed by atoms with E-state index in [0.717, 1.165) is 6.42 Å². The second-order valence-electron chi connectivity index (χ2n) is 3.93. The van der Waals surface area contributed by atoms with Gasteiger partial charge in [0.2, 0.25) is 0 Å². The first-order valence-corrected chi connectivity index (χ1v) is 7.98. The molecule has 0 fully saturated rings. The van der Waals surface area contributed by atoms with Gasteiger partial charge in [-0.3, -0.25) is 4.68 Å². The van der Waals surface area contributed by atoms with Gasteiger partial charge in [0.15, 0.2) is 9.84 Å². The van der Waals surface area contributed by atoms with Crippen LogP contribution in [0.3, 0.4) is 0 Å². The van der Waals surface area contributed by atoms with E-state index in [1.165, 1.54) is 4.68 Å². The lowest BCUT2D eigenvalue weighted by Gasteiger charge is -2.02. The van der Waals surface area contributed by atoms with Crippen LogP contribution in [0.1, 0.15) is 37.8 Å². The fourth-order valence-electron chi connectivity index (χ4n) is 1.42. The normalized spacial score (nSPS) is 13.8. The van der Waals surface area contributed by atoms with Gasteiger partial charge in [-0.05, 0) is 12.8 Å². The average Bonchev–Trinajstić information content (AvgIpc) is 2.74. The molecule has 5 nitrogen and oxygen atoms in total. The molecule has 1 unspecified atom stereocenters. The Labute approximate surface area is 107 Å². The molecule has 0 radical (unpaired) electrons. The van der Waals surface area contributed by atoms with Crippen LogP contribution in [0.4, 0.5) is 0 Å². The fourth-order valence-corrected chi connectivity index (χ4v) is 2.81. The van der Waals surface area contributed by atoms with E-state index >= 15 is 0 Å². The van der Waals surface area contributed by atoms with Gasteiger partial charge in [0.05, 0.1) is 17.7 Å². The van der Waals surface area contributed by atoms with Crippen LogP contribution in [0.25, 0.3) is 0 Å². The van der Waals surface area contributed by atoms with E-state index in [1.54, 1.807) is 6.20 Å². The highest BCUT2D eigenvalue weighted by molar-refractivity contribution is 7.91. The number of rotatable bonds is 7. The van der Waals surface area contributed by atoms with Crippen LogP contribution in [-0.2, 0) is 16.4 Å². The first kappa shape index (κ1) is 14.4. The maximum absolute atomic E-state index is 11.5. The van der Waals surface area contributed by atoms with Crippen molar-refractivity contribution >= 4 is 21.4 Å². The standard InChI is InChI=1S/C10H18ClN3O2S/c1-3-6-17(15,16)7-5-14-8-10(12-13-14)9(11)4-2/h8-9H,3-7H2,1-2H3. The molecule has 0 saturated heterocycles. The highest BCUT2D eigenvalue weighted by Gasteiger charge is 2.12. The minimum atomic E-state index is -2.97. The summed E-state index contributed by atoms with van der Waals surface area (Å²) in [6.07, 6.45) is 3.13. The third-order valence-corrected chi connectivity index (χ3v) is 4.75. The average molecular weight is 280 g/mol. The highest BCUT2D eigenvalue weighted by atomic mass is 35.5. The van der Waals surface area contributed by atoms with Gasteiger partial charge in [-0.1, -0.05) is 19.1 Å². The zero-order chi connectivity index (χ0) is 12.9. The Morgan fingerprint density at radius 2 is 2.12 bits per heavy atom. The summed E-state index contributed by atoms with van der Waals surface area (Å²) >= 11 is 6.01. The van der Waals surface area contributed by atoms with Crippen molar-refractivity contribution in [2.45, 2.75) is 38.6 Å². The van der Waals surface area contributed by atoms with E-state index in [-0.39, 0.29) is 16.9 Å². The molecule has 1 aromatic heterocycles. The van der Waals surface area contributed by atoms with Gasteiger partial charge in [0, 0.05) is 11.9 Å². The van der Waals surface area contributed by atoms with Crippen LogP contribution in [0, 0.1) is 0 Å². The van der Waals surface area contributed by atoms with Crippen molar-refractivity contribution in [2.75, 3.05) is 11.5 Å². The second-order valence-corrected chi connectivity index (χ2v) is 6.76. The molecule has 0 aliphatic heterocycles. The summed E-state index contributed by atoms with van der Waals surface area (Å²) in [5.41, 5.74) is 0.696. The van der Waals surface area contributed by atoms with Crippen LogP contribution in [0.2, 0.25) is 0 Å². The van der Waals surface area contributed by atoms with E-state index in [9.17, 15) is 8.42 Å². The summed E-state index contributed by atoms with van der Waals surface area (Å²) in [5.74, 6) is 0.324. The number of halogens is 1. The molecular formula is C10H18ClN3O2S. The smallest absolute Gasteiger partial charge is 0.152 e. The maximum Gasteiger partial charge on any atom is 0.152 e. The summed E-state index contributed by atoms with van der Waals surface area (Å²) in [6.45, 7) is 4.15. The molecule has 0 bridgehead atoms. The molecule has 1 aromatic rings. The molecule has 0 saturated carbocycles. The number of aromatic nitrogens is 3. The predicted octanol–water partition coefficient (Wildman–Crippen LogP) is 1.79. The Morgan fingerprint density at radius 1 is 1.41 bits per heavy atom. The van der Waals surface area contributed by atoms with E-state index in [1.807, 2.05) is 13.8 Å². The summed E-state index contributed by atoms with van der Waals surface area (Å²) in [6, 6.07) is 0. The molecule has 0 aliphatic carbocycles. The Kier molecular flexibility index (Phi) is 5.39. The summed E-state index contributed by atoms with van der Waals surface area (Å²) < 4.78 is 24.6. The Morgan fingerprint density at radius 3 is 2.71 bits per heavy atom. The summed E-state index contributed by atoms with van der Waals surface area (Å²) in [7, 11) is -2.97. The van der Waals surface area contributed by atoms with Crippen LogP contribution < -0.4 is 0 Å². The Hall–Kier alpha value is -0.620. The molecule has 1 heterocycles. The zero-order valence-corrected chi connectivity index (χ0v) is 11.7. The molecule has 1 rings (SSSR count). The number of hydrogen-bond donors (Lipinski definition) is 0. The molecular weight excluding hydrogens is 262 g/mol. The van der Waals surface area contributed by atoms with Gasteiger partial charge in [0.25, 0.3) is 0 Å². The molecule has 0 aliphatic rings. The van der Waals surface area contributed by atoms with Crippen LogP contribution in [0.15, 0.2) is 6.20 Å². The van der Waals surface area contributed by atoms with Crippen LogP contribution >= 0.6 is 11.6 Å². The predicted molar refractivity (Wildman–Crippen MR) is 67.9 cm³/mol. The van der Waals surface area contributed by atoms with Crippen LogP contribution in [-0.4, -0.2) is 34.9 Å². The molecule has 0 N–H and O–H groups in total.